The molecule has 1 saturated heterocycles. The second kappa shape index (κ2) is 8.83. The average molecular weight is 454 g/mol. The van der Waals surface area contributed by atoms with E-state index in [1.165, 1.54) is 29.2 Å². The lowest BCUT2D eigenvalue weighted by molar-refractivity contribution is -0.113. The highest BCUT2D eigenvalue weighted by atomic mass is 32.2. The first kappa shape index (κ1) is 21.0. The minimum atomic E-state index is -0.586. The highest BCUT2D eigenvalue weighted by molar-refractivity contribution is 8.27. The molecule has 156 valence electrons. The summed E-state index contributed by atoms with van der Waals surface area (Å²) in [5.41, 5.74) is 1.75. The van der Waals surface area contributed by atoms with Crippen LogP contribution in [0.15, 0.2) is 65.7 Å². The molecule has 2 aromatic carbocycles. The maximum absolute atomic E-state index is 13.3. The Kier molecular flexibility index (Phi) is 5.97. The lowest BCUT2D eigenvalue weighted by Crippen LogP contribution is -2.27. The van der Waals surface area contributed by atoms with Gasteiger partial charge in [0.2, 0.25) is 0 Å². The van der Waals surface area contributed by atoms with E-state index in [1.54, 1.807) is 23.9 Å². The number of halogens is 1. The van der Waals surface area contributed by atoms with Gasteiger partial charge in [0.25, 0.3) is 5.91 Å². The predicted molar refractivity (Wildman–Crippen MR) is 122 cm³/mol. The van der Waals surface area contributed by atoms with E-state index in [-0.39, 0.29) is 18.2 Å². The minimum Gasteiger partial charge on any atom is -0.461 e. The summed E-state index contributed by atoms with van der Waals surface area (Å²) >= 11 is 6.46. The van der Waals surface area contributed by atoms with Crippen molar-refractivity contribution in [2.45, 2.75) is 6.92 Å². The number of ether oxygens (including phenoxy) is 1. The molecular weight excluding hydrogens is 437 g/mol. The van der Waals surface area contributed by atoms with E-state index >= 15 is 0 Å². The van der Waals surface area contributed by atoms with E-state index < -0.39 is 11.8 Å². The van der Waals surface area contributed by atoms with Gasteiger partial charge in [0, 0.05) is 11.8 Å². The Morgan fingerprint density at radius 2 is 1.87 bits per heavy atom. The number of amides is 1. The van der Waals surface area contributed by atoms with E-state index in [2.05, 4.69) is 5.10 Å². The third-order valence-corrected chi connectivity index (χ3v) is 5.70. The molecule has 0 radical (unpaired) electrons. The van der Waals surface area contributed by atoms with Crippen molar-refractivity contribution in [2.24, 2.45) is 0 Å². The molecule has 0 unspecified atom stereocenters. The van der Waals surface area contributed by atoms with Gasteiger partial charge >= 0.3 is 5.97 Å². The summed E-state index contributed by atoms with van der Waals surface area (Å²) in [6, 6.07) is 14.8. The Hall–Kier alpha value is -3.30. The first-order chi connectivity index (χ1) is 15.0. The van der Waals surface area contributed by atoms with Gasteiger partial charge in [-0.3, -0.25) is 9.69 Å². The lowest BCUT2D eigenvalue weighted by Gasteiger charge is -2.14. The molecule has 1 aliphatic rings. The van der Waals surface area contributed by atoms with Crippen molar-refractivity contribution < 1.29 is 18.7 Å². The molecule has 6 nitrogen and oxygen atoms in total. The number of thioether (sulfide) groups is 1. The van der Waals surface area contributed by atoms with Crippen LogP contribution in [0.5, 0.6) is 0 Å². The van der Waals surface area contributed by atoms with Gasteiger partial charge in [0.15, 0.2) is 10.0 Å². The number of nitrogens with zero attached hydrogens (tertiary/aromatic N) is 3. The number of benzene rings is 2. The van der Waals surface area contributed by atoms with Crippen molar-refractivity contribution in [3.05, 3.63) is 82.8 Å². The summed E-state index contributed by atoms with van der Waals surface area (Å²) in [5, 5.41) is 4.36. The zero-order chi connectivity index (χ0) is 22.0. The van der Waals surface area contributed by atoms with Gasteiger partial charge in [-0.1, -0.05) is 42.2 Å². The Balaban J connectivity index is 1.72. The van der Waals surface area contributed by atoms with Crippen molar-refractivity contribution in [1.29, 1.82) is 0 Å². The SMILES string of the molecule is CCOC(=O)c1nn(-c2ccccc2)cc1C=C1SC(=S)N(c2ccc(F)cc2)C1=O. The third-order valence-electron chi connectivity index (χ3n) is 4.40. The van der Waals surface area contributed by atoms with Gasteiger partial charge < -0.3 is 4.74 Å². The molecule has 1 aliphatic heterocycles. The molecule has 0 aliphatic carbocycles. The van der Waals surface area contributed by atoms with E-state index in [4.69, 9.17) is 17.0 Å². The molecule has 1 fully saturated rings. The van der Waals surface area contributed by atoms with Crippen molar-refractivity contribution >= 4 is 51.9 Å². The summed E-state index contributed by atoms with van der Waals surface area (Å²) in [4.78, 5) is 27.1. The number of rotatable bonds is 5. The molecular formula is C22H16FN3O3S2. The molecule has 0 spiro atoms. The van der Waals surface area contributed by atoms with Gasteiger partial charge in [-0.25, -0.2) is 13.9 Å². The van der Waals surface area contributed by atoms with Gasteiger partial charge in [0.1, 0.15) is 5.82 Å². The fourth-order valence-electron chi connectivity index (χ4n) is 2.99. The number of anilines is 1. The van der Waals surface area contributed by atoms with E-state index in [1.807, 2.05) is 30.3 Å². The van der Waals surface area contributed by atoms with Crippen molar-refractivity contribution in [1.82, 2.24) is 9.78 Å². The Labute approximate surface area is 187 Å². The first-order valence-electron chi connectivity index (χ1n) is 9.33. The van der Waals surface area contributed by atoms with Gasteiger partial charge in [-0.05, 0) is 49.4 Å². The van der Waals surface area contributed by atoms with Gasteiger partial charge in [0.05, 0.1) is 22.9 Å². The standard InChI is InChI=1S/C22H16FN3O3S2/c1-2-29-21(28)19-14(13-25(24-19)16-6-4-3-5-7-16)12-18-20(27)26(22(30)31-18)17-10-8-15(23)9-11-17/h3-13H,2H2,1H3. The number of aromatic nitrogens is 2. The number of hydrogen-bond donors (Lipinski definition) is 0. The number of thiocarbonyl (C=S) groups is 1. The minimum absolute atomic E-state index is 0.0951. The summed E-state index contributed by atoms with van der Waals surface area (Å²) < 4.78 is 20.2. The summed E-state index contributed by atoms with van der Waals surface area (Å²) in [6.45, 7) is 1.91. The van der Waals surface area contributed by atoms with Crippen LogP contribution in [0.4, 0.5) is 10.1 Å². The number of hydrogen-bond acceptors (Lipinski definition) is 6. The summed E-state index contributed by atoms with van der Waals surface area (Å²) in [6.07, 6.45) is 3.23. The highest BCUT2D eigenvalue weighted by Gasteiger charge is 2.34. The quantitative estimate of drug-likeness (QED) is 0.320. The predicted octanol–water partition coefficient (Wildman–Crippen LogP) is 4.59. The number of esters is 1. The second-order valence-electron chi connectivity index (χ2n) is 6.43. The fourth-order valence-corrected chi connectivity index (χ4v) is 4.28. The monoisotopic (exact) mass is 453 g/mol. The number of para-hydroxylation sites is 1. The molecule has 9 heteroatoms. The normalized spacial score (nSPS) is 15.0. The molecule has 1 amide bonds. The van der Waals surface area contributed by atoms with E-state index in [9.17, 15) is 14.0 Å². The van der Waals surface area contributed by atoms with Crippen LogP contribution in [-0.2, 0) is 9.53 Å². The molecule has 3 aromatic rings. The lowest BCUT2D eigenvalue weighted by atomic mass is 10.2. The average Bonchev–Trinajstić information content (AvgIpc) is 3.31. The van der Waals surface area contributed by atoms with Crippen LogP contribution in [0.2, 0.25) is 0 Å². The topological polar surface area (TPSA) is 64.4 Å². The Morgan fingerprint density at radius 3 is 2.55 bits per heavy atom. The fraction of sp³-hybridized carbons (Fsp3) is 0.0909. The third kappa shape index (κ3) is 4.28. The molecule has 0 atom stereocenters. The van der Waals surface area contributed by atoms with Crippen LogP contribution in [0.25, 0.3) is 11.8 Å². The summed E-state index contributed by atoms with van der Waals surface area (Å²) in [7, 11) is 0. The van der Waals surface area contributed by atoms with Gasteiger partial charge in [-0.15, -0.1) is 0 Å². The zero-order valence-corrected chi connectivity index (χ0v) is 18.0. The van der Waals surface area contributed by atoms with Crippen molar-refractivity contribution in [2.75, 3.05) is 11.5 Å². The van der Waals surface area contributed by atoms with Crippen LogP contribution in [0.1, 0.15) is 23.0 Å². The molecule has 0 bridgehead atoms. The first-order valence-corrected chi connectivity index (χ1v) is 10.6. The zero-order valence-electron chi connectivity index (χ0n) is 16.3. The van der Waals surface area contributed by atoms with Crippen LogP contribution in [0, 0.1) is 5.82 Å². The highest BCUT2D eigenvalue weighted by Crippen LogP contribution is 2.36. The van der Waals surface area contributed by atoms with Crippen molar-refractivity contribution in [3.8, 4) is 5.69 Å². The maximum atomic E-state index is 13.3. The van der Waals surface area contributed by atoms with Crippen LogP contribution in [-0.4, -0.2) is 32.6 Å². The maximum Gasteiger partial charge on any atom is 0.359 e. The molecule has 0 N–H and O–H groups in total. The number of carbonyl (C=O) groups excluding carboxylic acids is 2. The summed E-state index contributed by atoms with van der Waals surface area (Å²) in [5.74, 6) is -1.35. The van der Waals surface area contributed by atoms with E-state index in [0.29, 0.717) is 20.5 Å². The number of carbonyl (C=O) groups is 2. The Morgan fingerprint density at radius 1 is 1.16 bits per heavy atom. The Bertz CT molecular complexity index is 1190. The molecule has 2 heterocycles. The molecule has 1 aromatic heterocycles. The van der Waals surface area contributed by atoms with E-state index in [0.717, 1.165) is 17.4 Å². The van der Waals surface area contributed by atoms with Crippen LogP contribution >= 0.6 is 24.0 Å². The largest absolute Gasteiger partial charge is 0.461 e. The molecule has 0 saturated carbocycles. The van der Waals surface area contributed by atoms with Gasteiger partial charge in [-0.2, -0.15) is 5.10 Å². The van der Waals surface area contributed by atoms with Crippen molar-refractivity contribution in [3.63, 3.8) is 0 Å². The van der Waals surface area contributed by atoms with Crippen LogP contribution < -0.4 is 4.90 Å². The smallest absolute Gasteiger partial charge is 0.359 e. The molecule has 4 rings (SSSR count). The van der Waals surface area contributed by atoms with Crippen LogP contribution in [0.3, 0.4) is 0 Å². The molecule has 31 heavy (non-hydrogen) atoms. The second-order valence-corrected chi connectivity index (χ2v) is 8.10.